The normalized spacial score (nSPS) is 15.5. The van der Waals surface area contributed by atoms with Gasteiger partial charge >= 0.3 is 0 Å². The Morgan fingerprint density at radius 1 is 1.32 bits per heavy atom. The van der Waals surface area contributed by atoms with E-state index in [0.29, 0.717) is 12.6 Å². The minimum Gasteiger partial charge on any atom is -0.395 e. The minimum absolute atomic E-state index is 0.185. The lowest BCUT2D eigenvalue weighted by Gasteiger charge is -2.39. The van der Waals surface area contributed by atoms with Gasteiger partial charge in [0.05, 0.1) is 12.1 Å². The Hall–Kier alpha value is -1.61. The fraction of sp³-hybridized carbons (Fsp3) is 0.438. The number of rotatable bonds is 4. The number of aliphatic hydroxyl groups is 1. The molecule has 1 aliphatic carbocycles. The molecule has 1 N–H and O–H groups in total. The van der Waals surface area contributed by atoms with Crippen LogP contribution in [0.5, 0.6) is 0 Å². The number of aliphatic hydroxyl groups excluding tert-OH is 1. The highest BCUT2D eigenvalue weighted by molar-refractivity contribution is 5.81. The van der Waals surface area contributed by atoms with Crippen LogP contribution in [-0.2, 0) is 0 Å². The van der Waals surface area contributed by atoms with E-state index >= 15 is 0 Å². The summed E-state index contributed by atoms with van der Waals surface area (Å²) in [5.41, 5.74) is 2.23. The van der Waals surface area contributed by atoms with Crippen molar-refractivity contribution in [2.45, 2.75) is 32.2 Å². The molecule has 0 saturated heterocycles. The number of benzene rings is 1. The molecule has 1 aromatic heterocycles. The summed E-state index contributed by atoms with van der Waals surface area (Å²) in [6.45, 7) is 2.97. The van der Waals surface area contributed by atoms with Crippen LogP contribution in [-0.4, -0.2) is 29.3 Å². The van der Waals surface area contributed by atoms with Crippen LogP contribution >= 0.6 is 0 Å². The standard InChI is InChI=1S/C16H20N2O/c1-12-11-13-5-2-3-8-15(13)17-16(12)18(9-10-19)14-6-4-7-14/h2-3,5,8,11,14,19H,4,6-7,9-10H2,1H3. The van der Waals surface area contributed by atoms with Crippen LogP contribution in [0.3, 0.4) is 0 Å². The molecule has 1 saturated carbocycles. The lowest BCUT2D eigenvalue weighted by Crippen LogP contribution is -2.42. The summed E-state index contributed by atoms with van der Waals surface area (Å²) in [6.07, 6.45) is 3.72. The molecule has 0 bridgehead atoms. The number of pyridine rings is 1. The summed E-state index contributed by atoms with van der Waals surface area (Å²) >= 11 is 0. The first kappa shape index (κ1) is 12.4. The molecule has 0 unspecified atom stereocenters. The van der Waals surface area contributed by atoms with Gasteiger partial charge < -0.3 is 10.0 Å². The predicted molar refractivity (Wildman–Crippen MR) is 78.6 cm³/mol. The van der Waals surface area contributed by atoms with Gasteiger partial charge in [-0.2, -0.15) is 0 Å². The van der Waals surface area contributed by atoms with Gasteiger partial charge in [-0.1, -0.05) is 18.2 Å². The van der Waals surface area contributed by atoms with E-state index in [9.17, 15) is 5.11 Å². The first-order valence-electron chi connectivity index (χ1n) is 7.03. The van der Waals surface area contributed by atoms with Gasteiger partial charge in [-0.3, -0.25) is 0 Å². The van der Waals surface area contributed by atoms with Gasteiger partial charge in [-0.05, 0) is 43.9 Å². The average molecular weight is 256 g/mol. The van der Waals surface area contributed by atoms with E-state index in [1.165, 1.54) is 30.2 Å². The Bertz CT molecular complexity index is 578. The Kier molecular flexibility index (Phi) is 3.38. The van der Waals surface area contributed by atoms with Gasteiger partial charge in [-0.25, -0.2) is 4.98 Å². The van der Waals surface area contributed by atoms with E-state index in [1.807, 2.05) is 12.1 Å². The molecule has 0 atom stereocenters. The fourth-order valence-electron chi connectivity index (χ4n) is 2.77. The first-order chi connectivity index (χ1) is 9.29. The number of fused-ring (bicyclic) bond motifs is 1. The summed E-state index contributed by atoms with van der Waals surface area (Å²) in [6, 6.07) is 11.0. The molecule has 3 rings (SSSR count). The number of para-hydroxylation sites is 1. The highest BCUT2D eigenvalue weighted by atomic mass is 16.3. The van der Waals surface area contributed by atoms with E-state index < -0.39 is 0 Å². The van der Waals surface area contributed by atoms with Crippen LogP contribution in [0.2, 0.25) is 0 Å². The molecule has 3 nitrogen and oxygen atoms in total. The maximum Gasteiger partial charge on any atom is 0.132 e. The molecule has 0 spiro atoms. The molecule has 19 heavy (non-hydrogen) atoms. The topological polar surface area (TPSA) is 36.4 Å². The van der Waals surface area contributed by atoms with Crippen molar-refractivity contribution in [3.05, 3.63) is 35.9 Å². The second-order valence-electron chi connectivity index (χ2n) is 5.32. The van der Waals surface area contributed by atoms with Gasteiger partial charge in [0, 0.05) is 18.0 Å². The molecular formula is C16H20N2O. The summed E-state index contributed by atoms with van der Waals surface area (Å²) in [5, 5.41) is 10.5. The number of hydrogen-bond acceptors (Lipinski definition) is 3. The van der Waals surface area contributed by atoms with Crippen LogP contribution in [0.4, 0.5) is 5.82 Å². The maximum absolute atomic E-state index is 9.30. The summed E-state index contributed by atoms with van der Waals surface area (Å²) < 4.78 is 0. The zero-order valence-electron chi connectivity index (χ0n) is 11.3. The van der Waals surface area contributed by atoms with Crippen molar-refractivity contribution in [2.75, 3.05) is 18.1 Å². The lowest BCUT2D eigenvalue weighted by molar-refractivity contribution is 0.283. The van der Waals surface area contributed by atoms with Crippen LogP contribution < -0.4 is 4.90 Å². The van der Waals surface area contributed by atoms with Crippen molar-refractivity contribution in [1.29, 1.82) is 0 Å². The van der Waals surface area contributed by atoms with E-state index in [1.54, 1.807) is 0 Å². The molecule has 1 heterocycles. The van der Waals surface area contributed by atoms with Crippen molar-refractivity contribution in [3.8, 4) is 0 Å². The van der Waals surface area contributed by atoms with E-state index in [-0.39, 0.29) is 6.61 Å². The van der Waals surface area contributed by atoms with E-state index in [0.717, 1.165) is 11.3 Å². The highest BCUT2D eigenvalue weighted by Crippen LogP contribution is 2.31. The number of nitrogens with zero attached hydrogens (tertiary/aromatic N) is 2. The van der Waals surface area contributed by atoms with Gasteiger partial charge in [-0.15, -0.1) is 0 Å². The van der Waals surface area contributed by atoms with Crippen molar-refractivity contribution in [3.63, 3.8) is 0 Å². The Morgan fingerprint density at radius 3 is 2.79 bits per heavy atom. The molecule has 0 amide bonds. The zero-order valence-corrected chi connectivity index (χ0v) is 11.3. The van der Waals surface area contributed by atoms with E-state index in [2.05, 4.69) is 30.0 Å². The average Bonchev–Trinajstić information content (AvgIpc) is 2.35. The van der Waals surface area contributed by atoms with Crippen molar-refractivity contribution < 1.29 is 5.11 Å². The molecule has 3 heteroatoms. The Morgan fingerprint density at radius 2 is 2.11 bits per heavy atom. The van der Waals surface area contributed by atoms with Crippen LogP contribution in [0, 0.1) is 6.92 Å². The third-order valence-electron chi connectivity index (χ3n) is 4.02. The Balaban J connectivity index is 2.03. The SMILES string of the molecule is Cc1cc2ccccc2nc1N(CCO)C1CCC1. The fourth-order valence-corrected chi connectivity index (χ4v) is 2.77. The summed E-state index contributed by atoms with van der Waals surface area (Å²) in [7, 11) is 0. The molecule has 1 aliphatic rings. The molecule has 2 aromatic rings. The van der Waals surface area contributed by atoms with Gasteiger partial charge in [0.15, 0.2) is 0 Å². The smallest absolute Gasteiger partial charge is 0.132 e. The van der Waals surface area contributed by atoms with Crippen molar-refractivity contribution in [2.24, 2.45) is 0 Å². The van der Waals surface area contributed by atoms with Gasteiger partial charge in [0.1, 0.15) is 5.82 Å². The summed E-state index contributed by atoms with van der Waals surface area (Å²) in [5.74, 6) is 1.04. The third kappa shape index (κ3) is 2.30. The van der Waals surface area contributed by atoms with Gasteiger partial charge in [0.2, 0.25) is 0 Å². The second kappa shape index (κ2) is 5.17. The monoisotopic (exact) mass is 256 g/mol. The predicted octanol–water partition coefficient (Wildman–Crippen LogP) is 2.89. The van der Waals surface area contributed by atoms with Crippen LogP contribution in [0.15, 0.2) is 30.3 Å². The first-order valence-corrected chi connectivity index (χ1v) is 7.03. The maximum atomic E-state index is 9.30. The summed E-state index contributed by atoms with van der Waals surface area (Å²) in [4.78, 5) is 7.09. The van der Waals surface area contributed by atoms with Gasteiger partial charge in [0.25, 0.3) is 0 Å². The van der Waals surface area contributed by atoms with Crippen LogP contribution in [0.25, 0.3) is 10.9 Å². The lowest BCUT2D eigenvalue weighted by atomic mass is 9.91. The molecule has 0 radical (unpaired) electrons. The third-order valence-corrected chi connectivity index (χ3v) is 4.02. The quantitative estimate of drug-likeness (QED) is 0.913. The Labute approximate surface area is 113 Å². The number of aryl methyl sites for hydroxylation is 1. The van der Waals surface area contributed by atoms with Crippen LogP contribution in [0.1, 0.15) is 24.8 Å². The second-order valence-corrected chi connectivity index (χ2v) is 5.32. The minimum atomic E-state index is 0.185. The van der Waals surface area contributed by atoms with E-state index in [4.69, 9.17) is 4.98 Å². The molecule has 100 valence electrons. The van der Waals surface area contributed by atoms with Crippen molar-refractivity contribution in [1.82, 2.24) is 4.98 Å². The number of aromatic nitrogens is 1. The zero-order chi connectivity index (χ0) is 13.2. The number of anilines is 1. The largest absolute Gasteiger partial charge is 0.395 e. The molecule has 1 aromatic carbocycles. The van der Waals surface area contributed by atoms with Crippen molar-refractivity contribution >= 4 is 16.7 Å². The molecule has 1 fully saturated rings. The highest BCUT2D eigenvalue weighted by Gasteiger charge is 2.26. The molecular weight excluding hydrogens is 236 g/mol. The molecule has 0 aliphatic heterocycles. The number of hydrogen-bond donors (Lipinski definition) is 1.